The van der Waals surface area contributed by atoms with Gasteiger partial charge in [0.25, 0.3) is 0 Å². The monoisotopic (exact) mass is 298 g/mol. The van der Waals surface area contributed by atoms with Crippen molar-refractivity contribution in [1.29, 1.82) is 0 Å². The zero-order valence-corrected chi connectivity index (χ0v) is 11.9. The summed E-state index contributed by atoms with van der Waals surface area (Å²) in [5.41, 5.74) is 5.86. The Morgan fingerprint density at radius 3 is 2.67 bits per heavy atom. The summed E-state index contributed by atoms with van der Waals surface area (Å²) >= 11 is 0. The Balaban J connectivity index is 2.83. The number of urea groups is 1. The number of nitrogens with zero attached hydrogens (tertiary/aromatic N) is 3. The Kier molecular flexibility index (Phi) is 6.27. The molecule has 0 radical (unpaired) electrons. The number of ether oxygens (including phenoxy) is 1. The van der Waals surface area contributed by atoms with Crippen LogP contribution in [0.25, 0.3) is 0 Å². The summed E-state index contributed by atoms with van der Waals surface area (Å²) in [6, 6.07) is -0.601. The van der Waals surface area contributed by atoms with Crippen molar-refractivity contribution < 1.29 is 19.1 Å². The number of nitrogens with one attached hydrogen (secondary N) is 2. The molecular weight excluding hydrogens is 280 g/mol. The molecule has 1 aromatic rings. The molecular formula is C11H18N6O4. The molecule has 10 heteroatoms. The molecule has 21 heavy (non-hydrogen) atoms. The van der Waals surface area contributed by atoms with E-state index in [4.69, 9.17) is 5.73 Å². The van der Waals surface area contributed by atoms with Crippen LogP contribution in [0.4, 0.5) is 4.79 Å². The van der Waals surface area contributed by atoms with Crippen LogP contribution in [0, 0.1) is 0 Å². The molecule has 0 saturated carbocycles. The zero-order valence-electron chi connectivity index (χ0n) is 11.9. The van der Waals surface area contributed by atoms with Crippen LogP contribution < -0.4 is 16.4 Å². The molecule has 0 bridgehead atoms. The lowest BCUT2D eigenvalue weighted by atomic mass is 10.2. The molecule has 10 nitrogen and oxygen atoms in total. The number of imide groups is 1. The van der Waals surface area contributed by atoms with Crippen molar-refractivity contribution >= 4 is 17.9 Å². The normalized spacial score (nSPS) is 10.0. The fourth-order valence-corrected chi connectivity index (χ4v) is 1.61. The summed E-state index contributed by atoms with van der Waals surface area (Å²) in [5.74, 6) is -1.24. The summed E-state index contributed by atoms with van der Waals surface area (Å²) in [7, 11) is 1.22. The summed E-state index contributed by atoms with van der Waals surface area (Å²) in [6.07, 6.45) is 0.297. The number of carbonyl (C=O) groups excluding carboxylic acids is 3. The largest absolute Gasteiger partial charge is 0.464 e. The molecule has 0 spiro atoms. The highest BCUT2D eigenvalue weighted by Gasteiger charge is 2.21. The number of methoxy groups -OCH3 is 1. The first-order valence-electron chi connectivity index (χ1n) is 6.31. The van der Waals surface area contributed by atoms with Crippen molar-refractivity contribution in [1.82, 2.24) is 25.6 Å². The van der Waals surface area contributed by atoms with Crippen molar-refractivity contribution in [2.45, 2.75) is 19.9 Å². The van der Waals surface area contributed by atoms with E-state index in [0.717, 1.165) is 0 Å². The molecule has 1 aromatic heterocycles. The molecule has 3 amide bonds. The molecule has 1 rings (SSSR count). The van der Waals surface area contributed by atoms with Gasteiger partial charge in [0.05, 0.1) is 12.8 Å². The maximum absolute atomic E-state index is 11.7. The van der Waals surface area contributed by atoms with E-state index in [1.54, 1.807) is 6.92 Å². The Morgan fingerprint density at radius 2 is 2.10 bits per heavy atom. The Hall–Kier alpha value is -2.49. The molecule has 0 unspecified atom stereocenters. The lowest BCUT2D eigenvalue weighted by molar-refractivity contribution is -0.120. The third-order valence-electron chi connectivity index (χ3n) is 2.48. The number of esters is 1. The van der Waals surface area contributed by atoms with Gasteiger partial charge >= 0.3 is 12.0 Å². The number of carbonyl (C=O) groups is 3. The van der Waals surface area contributed by atoms with E-state index >= 15 is 0 Å². The van der Waals surface area contributed by atoms with Gasteiger partial charge in [0.15, 0.2) is 5.69 Å². The van der Waals surface area contributed by atoms with Crippen LogP contribution in [-0.4, -0.2) is 53.1 Å². The number of amides is 3. The van der Waals surface area contributed by atoms with E-state index in [2.05, 4.69) is 25.7 Å². The predicted molar refractivity (Wildman–Crippen MR) is 71.3 cm³/mol. The van der Waals surface area contributed by atoms with Gasteiger partial charge in [-0.05, 0) is 13.5 Å². The highest BCUT2D eigenvalue weighted by Crippen LogP contribution is 2.07. The van der Waals surface area contributed by atoms with Crippen LogP contribution in [0.15, 0.2) is 0 Å². The minimum Gasteiger partial charge on any atom is -0.464 e. The highest BCUT2D eigenvalue weighted by atomic mass is 16.5. The van der Waals surface area contributed by atoms with Crippen LogP contribution >= 0.6 is 0 Å². The third kappa shape index (κ3) is 4.53. The van der Waals surface area contributed by atoms with Gasteiger partial charge in [0, 0.05) is 13.0 Å². The quantitative estimate of drug-likeness (QED) is 0.537. The van der Waals surface area contributed by atoms with E-state index in [9.17, 15) is 14.4 Å². The first kappa shape index (κ1) is 16.6. The van der Waals surface area contributed by atoms with Gasteiger partial charge in [-0.2, -0.15) is 0 Å². The molecule has 4 N–H and O–H groups in total. The van der Waals surface area contributed by atoms with Crippen molar-refractivity contribution in [3.8, 4) is 0 Å². The number of nitrogens with two attached hydrogens (primary N) is 1. The van der Waals surface area contributed by atoms with E-state index in [1.807, 2.05) is 0 Å². The van der Waals surface area contributed by atoms with Crippen LogP contribution in [-0.2, 0) is 22.5 Å². The van der Waals surface area contributed by atoms with Gasteiger partial charge in [-0.1, -0.05) is 5.21 Å². The van der Waals surface area contributed by atoms with Gasteiger partial charge in [-0.15, -0.1) is 5.10 Å². The minimum atomic E-state index is -0.658. The lowest BCUT2D eigenvalue weighted by Crippen LogP contribution is -2.41. The summed E-state index contributed by atoms with van der Waals surface area (Å²) < 4.78 is 5.79. The maximum atomic E-state index is 11.7. The van der Waals surface area contributed by atoms with Crippen molar-refractivity contribution in [3.63, 3.8) is 0 Å². The topological polar surface area (TPSA) is 141 Å². The third-order valence-corrected chi connectivity index (χ3v) is 2.48. The van der Waals surface area contributed by atoms with Gasteiger partial charge in [0.1, 0.15) is 6.54 Å². The zero-order chi connectivity index (χ0) is 15.8. The van der Waals surface area contributed by atoms with Gasteiger partial charge < -0.3 is 15.8 Å². The second-order valence-electron chi connectivity index (χ2n) is 3.98. The second-order valence-corrected chi connectivity index (χ2v) is 3.98. The van der Waals surface area contributed by atoms with Gasteiger partial charge in [-0.3, -0.25) is 10.1 Å². The van der Waals surface area contributed by atoms with Crippen LogP contribution in [0.3, 0.4) is 0 Å². The first-order valence-corrected chi connectivity index (χ1v) is 6.31. The SMILES string of the molecule is CCNC(=O)NC(=O)Cn1nnc(C(=O)OC)c1CCN. The van der Waals surface area contributed by atoms with Crippen molar-refractivity contribution in [2.24, 2.45) is 5.73 Å². The Bertz CT molecular complexity index is 527. The second kappa shape index (κ2) is 7.94. The standard InChI is InChI=1S/C11H18N6O4/c1-3-13-11(20)14-8(18)6-17-7(4-5-12)9(15-16-17)10(19)21-2/h3-6,12H2,1-2H3,(H2,13,14,18,20). The Morgan fingerprint density at radius 1 is 1.38 bits per heavy atom. The van der Waals surface area contributed by atoms with E-state index < -0.39 is 17.9 Å². The van der Waals surface area contributed by atoms with E-state index in [-0.39, 0.29) is 18.8 Å². The van der Waals surface area contributed by atoms with Crippen LogP contribution in [0.5, 0.6) is 0 Å². The van der Waals surface area contributed by atoms with Gasteiger partial charge in [0.2, 0.25) is 5.91 Å². The highest BCUT2D eigenvalue weighted by molar-refractivity contribution is 5.94. The van der Waals surface area contributed by atoms with Gasteiger partial charge in [-0.25, -0.2) is 14.3 Å². The fourth-order valence-electron chi connectivity index (χ4n) is 1.61. The molecule has 0 saturated heterocycles. The fraction of sp³-hybridized carbons (Fsp3) is 0.545. The molecule has 0 aromatic carbocycles. The molecule has 1 heterocycles. The minimum absolute atomic E-state index is 0.00811. The van der Waals surface area contributed by atoms with Crippen molar-refractivity contribution in [2.75, 3.05) is 20.2 Å². The molecule has 0 fully saturated rings. The molecule has 0 aliphatic rings. The predicted octanol–water partition coefficient (Wildman–Crippen LogP) is -1.59. The van der Waals surface area contributed by atoms with Crippen LogP contribution in [0.1, 0.15) is 23.1 Å². The summed E-state index contributed by atoms with van der Waals surface area (Å²) in [4.78, 5) is 34.5. The molecule has 0 aliphatic carbocycles. The van der Waals surface area contributed by atoms with E-state index in [1.165, 1.54) is 11.8 Å². The average Bonchev–Trinajstić information content (AvgIpc) is 2.81. The molecule has 116 valence electrons. The van der Waals surface area contributed by atoms with Crippen LogP contribution in [0.2, 0.25) is 0 Å². The van der Waals surface area contributed by atoms with E-state index in [0.29, 0.717) is 18.7 Å². The number of aromatic nitrogens is 3. The number of hydrogen-bond donors (Lipinski definition) is 3. The summed E-state index contributed by atoms with van der Waals surface area (Å²) in [6.45, 7) is 2.11. The molecule has 0 aliphatic heterocycles. The van der Waals surface area contributed by atoms with Crippen molar-refractivity contribution in [3.05, 3.63) is 11.4 Å². The number of hydrogen-bond acceptors (Lipinski definition) is 7. The number of rotatable bonds is 6. The maximum Gasteiger partial charge on any atom is 0.360 e. The molecule has 0 atom stereocenters. The average molecular weight is 298 g/mol. The smallest absolute Gasteiger partial charge is 0.360 e. The summed E-state index contributed by atoms with van der Waals surface area (Å²) in [5, 5.41) is 11.9. The Labute approximate surface area is 121 Å². The lowest BCUT2D eigenvalue weighted by Gasteiger charge is -2.07. The first-order chi connectivity index (χ1) is 10.0.